The molecule has 7 heteroatoms. The normalized spacial score (nSPS) is 19.0. The molecule has 1 aromatic carbocycles. The van der Waals surface area contributed by atoms with Crippen molar-refractivity contribution < 1.29 is 14.3 Å². The van der Waals surface area contributed by atoms with E-state index in [-0.39, 0.29) is 24.4 Å². The second kappa shape index (κ2) is 6.45. The molecule has 0 aliphatic carbocycles. The van der Waals surface area contributed by atoms with Crippen LogP contribution in [0.4, 0.5) is 11.4 Å². The highest BCUT2D eigenvalue weighted by molar-refractivity contribution is 5.94. The third-order valence-electron chi connectivity index (χ3n) is 3.47. The first-order valence-electron chi connectivity index (χ1n) is 6.76. The van der Waals surface area contributed by atoms with Gasteiger partial charge in [0.25, 0.3) is 0 Å². The van der Waals surface area contributed by atoms with E-state index in [0.29, 0.717) is 30.2 Å². The minimum absolute atomic E-state index is 0.0596. The molecule has 2 amide bonds. The Hall–Kier alpha value is -2.28. The van der Waals surface area contributed by atoms with Gasteiger partial charge in [-0.05, 0) is 25.1 Å². The fraction of sp³-hybridized carbons (Fsp3) is 0.429. The highest BCUT2D eigenvalue weighted by Gasteiger charge is 2.26. The summed E-state index contributed by atoms with van der Waals surface area (Å²) in [7, 11) is 1.53. The minimum Gasteiger partial charge on any atom is -0.495 e. The number of methoxy groups -OCH3 is 1. The number of carbonyl (C=O) groups is 2. The number of nitrogens with one attached hydrogen (secondary N) is 2. The van der Waals surface area contributed by atoms with Crippen molar-refractivity contribution in [2.24, 2.45) is 0 Å². The van der Waals surface area contributed by atoms with Crippen molar-refractivity contribution in [1.82, 2.24) is 10.2 Å². The molecular weight excluding hydrogens is 272 g/mol. The highest BCUT2D eigenvalue weighted by Crippen LogP contribution is 2.26. The first-order valence-corrected chi connectivity index (χ1v) is 6.76. The lowest BCUT2D eigenvalue weighted by atomic mass is 10.2. The smallest absolute Gasteiger partial charge is 0.238 e. The van der Waals surface area contributed by atoms with Crippen LogP contribution in [0.5, 0.6) is 5.75 Å². The van der Waals surface area contributed by atoms with Crippen LogP contribution in [0.25, 0.3) is 0 Å². The van der Waals surface area contributed by atoms with Gasteiger partial charge >= 0.3 is 0 Å². The van der Waals surface area contributed by atoms with Gasteiger partial charge in [0.1, 0.15) is 5.75 Å². The lowest BCUT2D eigenvalue weighted by Gasteiger charge is -2.32. The van der Waals surface area contributed by atoms with Crippen molar-refractivity contribution in [3.63, 3.8) is 0 Å². The van der Waals surface area contributed by atoms with Gasteiger partial charge in [0, 0.05) is 18.8 Å². The summed E-state index contributed by atoms with van der Waals surface area (Å²) in [6.45, 7) is 3.13. The SMILES string of the molecule is COc1ccc(N)cc1NC(=O)CN1CCNC(=O)C1C. The van der Waals surface area contributed by atoms with Crippen LogP contribution in [-0.4, -0.2) is 49.5 Å². The Morgan fingerprint density at radius 2 is 2.33 bits per heavy atom. The molecule has 0 spiro atoms. The predicted octanol–water partition coefficient (Wildman–Crippen LogP) is 0.0362. The number of rotatable bonds is 4. The number of amides is 2. The van der Waals surface area contributed by atoms with E-state index >= 15 is 0 Å². The summed E-state index contributed by atoms with van der Waals surface area (Å²) in [6, 6.07) is 4.73. The van der Waals surface area contributed by atoms with Gasteiger partial charge in [-0.1, -0.05) is 0 Å². The van der Waals surface area contributed by atoms with Gasteiger partial charge in [0.05, 0.1) is 25.4 Å². The van der Waals surface area contributed by atoms with Crippen molar-refractivity contribution >= 4 is 23.2 Å². The molecule has 0 radical (unpaired) electrons. The van der Waals surface area contributed by atoms with Crippen LogP contribution in [0.15, 0.2) is 18.2 Å². The summed E-state index contributed by atoms with van der Waals surface area (Å²) in [5.41, 5.74) is 6.78. The first-order chi connectivity index (χ1) is 10.0. The Kier molecular flexibility index (Phi) is 4.64. The Labute approximate surface area is 123 Å². The number of hydrogen-bond acceptors (Lipinski definition) is 5. The molecule has 0 saturated carbocycles. The van der Waals surface area contributed by atoms with E-state index < -0.39 is 0 Å². The Bertz CT molecular complexity index is 547. The zero-order valence-electron chi connectivity index (χ0n) is 12.2. The molecule has 0 bridgehead atoms. The summed E-state index contributed by atoms with van der Waals surface area (Å²) in [6.07, 6.45) is 0. The van der Waals surface area contributed by atoms with E-state index in [4.69, 9.17) is 10.5 Å². The highest BCUT2D eigenvalue weighted by atomic mass is 16.5. The monoisotopic (exact) mass is 292 g/mol. The van der Waals surface area contributed by atoms with E-state index in [1.807, 2.05) is 4.90 Å². The average Bonchev–Trinajstić information content (AvgIpc) is 2.44. The number of benzene rings is 1. The molecular formula is C14H20N4O3. The van der Waals surface area contributed by atoms with Crippen LogP contribution in [0.3, 0.4) is 0 Å². The number of nitrogens with two attached hydrogens (primary N) is 1. The lowest BCUT2D eigenvalue weighted by Crippen LogP contribution is -2.55. The number of nitrogens with zero attached hydrogens (tertiary/aromatic N) is 1. The predicted molar refractivity (Wildman–Crippen MR) is 80.1 cm³/mol. The van der Waals surface area contributed by atoms with Gasteiger partial charge < -0.3 is 21.1 Å². The molecule has 1 aliphatic rings. The van der Waals surface area contributed by atoms with Gasteiger partial charge in [-0.15, -0.1) is 0 Å². The Morgan fingerprint density at radius 3 is 3.05 bits per heavy atom. The second-order valence-electron chi connectivity index (χ2n) is 4.95. The summed E-state index contributed by atoms with van der Waals surface area (Å²) >= 11 is 0. The van der Waals surface area contributed by atoms with Gasteiger partial charge in [-0.25, -0.2) is 0 Å². The van der Waals surface area contributed by atoms with Gasteiger partial charge in [0.15, 0.2) is 0 Å². The van der Waals surface area contributed by atoms with Crippen molar-refractivity contribution in [2.45, 2.75) is 13.0 Å². The minimum atomic E-state index is -0.313. The molecule has 114 valence electrons. The fourth-order valence-corrected chi connectivity index (χ4v) is 2.24. The molecule has 2 rings (SSSR count). The van der Waals surface area contributed by atoms with Crippen LogP contribution >= 0.6 is 0 Å². The first kappa shape index (κ1) is 15.1. The Morgan fingerprint density at radius 1 is 1.57 bits per heavy atom. The summed E-state index contributed by atoms with van der Waals surface area (Å²) < 4.78 is 5.18. The van der Waals surface area contributed by atoms with E-state index in [2.05, 4.69) is 10.6 Å². The molecule has 1 fully saturated rings. The zero-order valence-corrected chi connectivity index (χ0v) is 12.2. The van der Waals surface area contributed by atoms with Crippen molar-refractivity contribution in [2.75, 3.05) is 37.8 Å². The number of carbonyl (C=O) groups excluding carboxylic acids is 2. The maximum Gasteiger partial charge on any atom is 0.238 e. The molecule has 1 aromatic rings. The Balaban J connectivity index is 2.01. The van der Waals surface area contributed by atoms with Crippen molar-refractivity contribution in [1.29, 1.82) is 0 Å². The number of anilines is 2. The third kappa shape index (κ3) is 3.63. The number of ether oxygens (including phenoxy) is 1. The number of hydrogen-bond donors (Lipinski definition) is 3. The van der Waals surface area contributed by atoms with E-state index in [1.165, 1.54) is 7.11 Å². The largest absolute Gasteiger partial charge is 0.495 e. The van der Waals surface area contributed by atoms with E-state index in [0.717, 1.165) is 0 Å². The van der Waals surface area contributed by atoms with Crippen molar-refractivity contribution in [3.8, 4) is 5.75 Å². The second-order valence-corrected chi connectivity index (χ2v) is 4.95. The topological polar surface area (TPSA) is 96.7 Å². The molecule has 1 atom stereocenters. The van der Waals surface area contributed by atoms with Gasteiger partial charge in [-0.2, -0.15) is 0 Å². The third-order valence-corrected chi connectivity index (χ3v) is 3.47. The maximum atomic E-state index is 12.1. The summed E-state index contributed by atoms with van der Waals surface area (Å²) in [5, 5.41) is 5.53. The van der Waals surface area contributed by atoms with Crippen LogP contribution in [0, 0.1) is 0 Å². The molecule has 7 nitrogen and oxygen atoms in total. The maximum absolute atomic E-state index is 12.1. The molecule has 1 heterocycles. The fourth-order valence-electron chi connectivity index (χ4n) is 2.24. The van der Waals surface area contributed by atoms with Gasteiger partial charge in [0.2, 0.25) is 11.8 Å². The quantitative estimate of drug-likeness (QED) is 0.681. The number of nitrogen functional groups attached to an aromatic ring is 1. The zero-order chi connectivity index (χ0) is 15.4. The van der Waals surface area contributed by atoms with E-state index in [1.54, 1.807) is 25.1 Å². The molecule has 21 heavy (non-hydrogen) atoms. The van der Waals surface area contributed by atoms with Crippen molar-refractivity contribution in [3.05, 3.63) is 18.2 Å². The molecule has 1 aliphatic heterocycles. The molecule has 1 unspecified atom stereocenters. The number of piperazine rings is 1. The van der Waals surface area contributed by atoms with Crippen LogP contribution in [0.1, 0.15) is 6.92 Å². The molecule has 4 N–H and O–H groups in total. The lowest BCUT2D eigenvalue weighted by molar-refractivity contribution is -0.129. The standard InChI is InChI=1S/C14H20N4O3/c1-9-14(20)16-5-6-18(9)8-13(19)17-11-7-10(15)3-4-12(11)21-2/h3-4,7,9H,5-6,8,15H2,1-2H3,(H,16,20)(H,17,19). The molecule has 0 aromatic heterocycles. The van der Waals surface area contributed by atoms with E-state index in [9.17, 15) is 9.59 Å². The van der Waals surface area contributed by atoms with Crippen LogP contribution < -0.4 is 21.1 Å². The van der Waals surface area contributed by atoms with Crippen LogP contribution in [-0.2, 0) is 9.59 Å². The summed E-state index contributed by atoms with van der Waals surface area (Å²) in [5.74, 6) is 0.276. The average molecular weight is 292 g/mol. The molecule has 1 saturated heterocycles. The summed E-state index contributed by atoms with van der Waals surface area (Å²) in [4.78, 5) is 25.5. The van der Waals surface area contributed by atoms with Crippen LogP contribution in [0.2, 0.25) is 0 Å². The van der Waals surface area contributed by atoms with Gasteiger partial charge in [-0.3, -0.25) is 14.5 Å².